The van der Waals surface area contributed by atoms with Gasteiger partial charge in [-0.25, -0.2) is 0 Å². The predicted octanol–water partition coefficient (Wildman–Crippen LogP) is 0.892. The largest absolute Gasteiger partial charge is 0.350 e. The summed E-state index contributed by atoms with van der Waals surface area (Å²) >= 11 is 0. The van der Waals surface area contributed by atoms with Crippen LogP contribution in [-0.2, 0) is 4.79 Å². The summed E-state index contributed by atoms with van der Waals surface area (Å²) in [5.41, 5.74) is 1.18. The molecule has 128 valence electrons. The zero-order chi connectivity index (χ0) is 17.1. The highest BCUT2D eigenvalue weighted by Gasteiger charge is 2.26. The average Bonchev–Trinajstić information content (AvgIpc) is 3.01. The molecule has 0 saturated carbocycles. The molecule has 1 aromatic carbocycles. The lowest BCUT2D eigenvalue weighted by molar-refractivity contribution is -0.134. The summed E-state index contributed by atoms with van der Waals surface area (Å²) < 4.78 is 0. The van der Waals surface area contributed by atoms with Gasteiger partial charge in [-0.3, -0.25) is 14.7 Å². The molecule has 2 aromatic rings. The summed E-state index contributed by atoms with van der Waals surface area (Å²) in [6.45, 7) is 5.92. The van der Waals surface area contributed by atoms with Crippen LogP contribution in [0.25, 0.3) is 10.9 Å². The quantitative estimate of drug-likeness (QED) is 0.777. The molecule has 0 bridgehead atoms. The van der Waals surface area contributed by atoms with Gasteiger partial charge in [0.1, 0.15) is 0 Å². The molecule has 0 spiro atoms. The summed E-state index contributed by atoms with van der Waals surface area (Å²) in [6.07, 6.45) is 0.297. The van der Waals surface area contributed by atoms with Gasteiger partial charge in [-0.05, 0) is 19.9 Å². The van der Waals surface area contributed by atoms with Gasteiger partial charge in [0.2, 0.25) is 5.91 Å². The van der Waals surface area contributed by atoms with Crippen molar-refractivity contribution in [1.29, 1.82) is 0 Å². The van der Waals surface area contributed by atoms with Gasteiger partial charge in [0.25, 0.3) is 5.91 Å². The summed E-state index contributed by atoms with van der Waals surface area (Å²) in [4.78, 5) is 26.5. The highest BCUT2D eigenvalue weighted by molar-refractivity contribution is 6.04. The van der Waals surface area contributed by atoms with Gasteiger partial charge in [0.05, 0.1) is 5.52 Å². The van der Waals surface area contributed by atoms with E-state index in [4.69, 9.17) is 0 Å². The third-order valence-corrected chi connectivity index (χ3v) is 4.39. The summed E-state index contributed by atoms with van der Waals surface area (Å²) in [6, 6.07) is 7.95. The Kier molecular flexibility index (Phi) is 4.80. The molecule has 7 heteroatoms. The van der Waals surface area contributed by atoms with Gasteiger partial charge in [-0.15, -0.1) is 0 Å². The first-order valence-electron chi connectivity index (χ1n) is 8.30. The second-order valence-electron chi connectivity index (χ2n) is 6.33. The van der Waals surface area contributed by atoms with Crippen LogP contribution in [0.3, 0.4) is 0 Å². The molecule has 0 radical (unpaired) electrons. The van der Waals surface area contributed by atoms with Crippen LogP contribution in [0.1, 0.15) is 30.8 Å². The number of carbonyl (C=O) groups excluding carboxylic acids is 2. The minimum atomic E-state index is -0.262. The lowest BCUT2D eigenvalue weighted by Crippen LogP contribution is -2.56. The third-order valence-electron chi connectivity index (χ3n) is 4.39. The van der Waals surface area contributed by atoms with Crippen molar-refractivity contribution in [2.24, 2.45) is 0 Å². The highest BCUT2D eigenvalue weighted by Crippen LogP contribution is 2.14. The number of aromatic nitrogens is 2. The predicted molar refractivity (Wildman–Crippen MR) is 91.7 cm³/mol. The molecule has 0 aliphatic carbocycles. The molecule has 1 aliphatic heterocycles. The van der Waals surface area contributed by atoms with Crippen molar-refractivity contribution in [3.8, 4) is 0 Å². The summed E-state index contributed by atoms with van der Waals surface area (Å²) in [7, 11) is 0. The number of H-pyrrole nitrogens is 1. The number of benzene rings is 1. The Labute approximate surface area is 140 Å². The second-order valence-corrected chi connectivity index (χ2v) is 6.33. The smallest absolute Gasteiger partial charge is 0.272 e. The number of amides is 2. The van der Waals surface area contributed by atoms with Gasteiger partial charge in [0.15, 0.2) is 5.69 Å². The molecule has 1 aromatic heterocycles. The highest BCUT2D eigenvalue weighted by atomic mass is 16.2. The normalized spacial score (nSPS) is 21.0. The maximum atomic E-state index is 12.4. The molecule has 1 aliphatic rings. The van der Waals surface area contributed by atoms with Crippen LogP contribution in [-0.4, -0.2) is 58.6 Å². The number of fused-ring (bicyclic) bond motifs is 1. The zero-order valence-electron chi connectivity index (χ0n) is 14.0. The van der Waals surface area contributed by atoms with E-state index in [-0.39, 0.29) is 17.9 Å². The Hall–Kier alpha value is -2.41. The summed E-state index contributed by atoms with van der Waals surface area (Å²) in [5.74, 6) is -0.190. The van der Waals surface area contributed by atoms with Gasteiger partial charge in [-0.1, -0.05) is 18.2 Å². The van der Waals surface area contributed by atoms with Crippen molar-refractivity contribution in [3.05, 3.63) is 30.0 Å². The first-order chi connectivity index (χ1) is 11.6. The first-order valence-corrected chi connectivity index (χ1v) is 8.30. The van der Waals surface area contributed by atoms with Gasteiger partial charge >= 0.3 is 0 Å². The molecule has 2 unspecified atom stereocenters. The standard InChI is InChI=1S/C17H23N5O2/c1-11-10-22(12(2)9-19-11)15(23)7-8-18-17(24)16-13-5-3-4-6-14(13)20-21-16/h3-6,11-12,19H,7-10H2,1-2H3,(H,18,24)(H,20,21). The van der Waals surface area contributed by atoms with E-state index in [9.17, 15) is 9.59 Å². The molecule has 1 fully saturated rings. The Bertz CT molecular complexity index is 741. The molecule has 3 N–H and O–H groups in total. The topological polar surface area (TPSA) is 90.1 Å². The molecule has 2 heterocycles. The Balaban J connectivity index is 1.54. The van der Waals surface area contributed by atoms with Crippen molar-refractivity contribution in [3.63, 3.8) is 0 Å². The molecule has 24 heavy (non-hydrogen) atoms. The fraction of sp³-hybridized carbons (Fsp3) is 0.471. The van der Waals surface area contributed by atoms with Crippen LogP contribution in [0.4, 0.5) is 0 Å². The Morgan fingerprint density at radius 3 is 2.96 bits per heavy atom. The van der Waals surface area contributed by atoms with E-state index in [1.165, 1.54) is 0 Å². The lowest BCUT2D eigenvalue weighted by Gasteiger charge is -2.37. The molecule has 7 nitrogen and oxygen atoms in total. The minimum Gasteiger partial charge on any atom is -0.350 e. The average molecular weight is 329 g/mol. The third kappa shape index (κ3) is 3.41. The Morgan fingerprint density at radius 2 is 2.12 bits per heavy atom. The van der Waals surface area contributed by atoms with Gasteiger partial charge in [0, 0.05) is 43.5 Å². The number of hydrogen-bond donors (Lipinski definition) is 3. The van der Waals surface area contributed by atoms with Gasteiger partial charge in [-0.2, -0.15) is 5.10 Å². The number of nitrogens with one attached hydrogen (secondary N) is 3. The van der Waals surface area contributed by atoms with E-state index in [1.807, 2.05) is 36.1 Å². The van der Waals surface area contributed by atoms with E-state index < -0.39 is 0 Å². The van der Waals surface area contributed by atoms with Crippen LogP contribution in [0.5, 0.6) is 0 Å². The maximum absolute atomic E-state index is 12.4. The lowest BCUT2D eigenvalue weighted by atomic mass is 10.1. The van der Waals surface area contributed by atoms with E-state index in [1.54, 1.807) is 0 Å². The molecule has 3 rings (SSSR count). The molecule has 2 atom stereocenters. The van der Waals surface area contributed by atoms with Gasteiger partial charge < -0.3 is 15.5 Å². The fourth-order valence-electron chi connectivity index (χ4n) is 3.02. The number of para-hydroxylation sites is 1. The van der Waals surface area contributed by atoms with Crippen molar-refractivity contribution in [1.82, 2.24) is 25.7 Å². The minimum absolute atomic E-state index is 0.0723. The van der Waals surface area contributed by atoms with Crippen molar-refractivity contribution in [2.75, 3.05) is 19.6 Å². The fourth-order valence-corrected chi connectivity index (χ4v) is 3.02. The molecular formula is C17H23N5O2. The van der Waals surface area contributed by atoms with Crippen molar-refractivity contribution < 1.29 is 9.59 Å². The van der Waals surface area contributed by atoms with Crippen molar-refractivity contribution >= 4 is 22.7 Å². The summed E-state index contributed by atoms with van der Waals surface area (Å²) in [5, 5.41) is 13.8. The van der Waals surface area contributed by atoms with Crippen molar-refractivity contribution in [2.45, 2.75) is 32.4 Å². The zero-order valence-corrected chi connectivity index (χ0v) is 14.0. The first kappa shape index (κ1) is 16.4. The monoisotopic (exact) mass is 329 g/mol. The SMILES string of the molecule is CC1CN(C(=O)CCNC(=O)c2n[nH]c3ccccc23)C(C)CN1. The van der Waals surface area contributed by atoms with E-state index in [0.29, 0.717) is 31.2 Å². The number of hydrogen-bond acceptors (Lipinski definition) is 4. The number of carbonyl (C=O) groups is 2. The van der Waals surface area contributed by atoms with Crippen LogP contribution in [0.2, 0.25) is 0 Å². The van der Waals surface area contributed by atoms with E-state index >= 15 is 0 Å². The van der Waals surface area contributed by atoms with Crippen LogP contribution in [0.15, 0.2) is 24.3 Å². The van der Waals surface area contributed by atoms with Crippen LogP contribution >= 0.6 is 0 Å². The van der Waals surface area contributed by atoms with Crippen LogP contribution in [0, 0.1) is 0 Å². The van der Waals surface area contributed by atoms with E-state index in [0.717, 1.165) is 17.4 Å². The molecule has 1 saturated heterocycles. The van der Waals surface area contributed by atoms with Crippen LogP contribution < -0.4 is 10.6 Å². The second kappa shape index (κ2) is 7.00. The number of rotatable bonds is 4. The molecule has 2 amide bonds. The number of nitrogens with zero attached hydrogens (tertiary/aromatic N) is 2. The van der Waals surface area contributed by atoms with E-state index in [2.05, 4.69) is 27.8 Å². The number of aromatic amines is 1. The maximum Gasteiger partial charge on any atom is 0.272 e. The Morgan fingerprint density at radius 1 is 1.33 bits per heavy atom. The number of piperazine rings is 1. The molecular weight excluding hydrogens is 306 g/mol.